The van der Waals surface area contributed by atoms with Crippen LogP contribution in [0.3, 0.4) is 0 Å². The van der Waals surface area contributed by atoms with E-state index in [2.05, 4.69) is 15.0 Å². The minimum atomic E-state index is 0.119. The van der Waals surface area contributed by atoms with E-state index in [1.165, 1.54) is 0 Å². The lowest BCUT2D eigenvalue weighted by Gasteiger charge is -2.17. The van der Waals surface area contributed by atoms with Gasteiger partial charge < -0.3 is 9.64 Å². The van der Waals surface area contributed by atoms with E-state index in [0.717, 1.165) is 12.0 Å². The summed E-state index contributed by atoms with van der Waals surface area (Å²) >= 11 is 11.8. The number of rotatable bonds is 6. The highest BCUT2D eigenvalue weighted by Crippen LogP contribution is 2.17. The summed E-state index contributed by atoms with van der Waals surface area (Å²) in [6.45, 7) is 3.18. The van der Waals surface area contributed by atoms with Crippen LogP contribution in [-0.4, -0.2) is 28.6 Å². The number of hydrogen-bond donors (Lipinski definition) is 0. The smallest absolute Gasteiger partial charge is 0.322 e. The van der Waals surface area contributed by atoms with Crippen molar-refractivity contribution >= 4 is 29.2 Å². The van der Waals surface area contributed by atoms with Crippen molar-refractivity contribution in [2.24, 2.45) is 0 Å². The molecule has 1 heterocycles. The highest BCUT2D eigenvalue weighted by molar-refractivity contribution is 6.30. The Morgan fingerprint density at radius 1 is 1.10 bits per heavy atom. The van der Waals surface area contributed by atoms with Gasteiger partial charge in [0.15, 0.2) is 0 Å². The van der Waals surface area contributed by atoms with Crippen LogP contribution in [-0.2, 0) is 6.54 Å². The number of aromatic nitrogens is 3. The Morgan fingerprint density at radius 2 is 1.81 bits per heavy atom. The third-order valence-electron chi connectivity index (χ3n) is 2.69. The molecule has 7 heteroatoms. The second-order valence-corrected chi connectivity index (χ2v) is 5.29. The Kier molecular flexibility index (Phi) is 5.59. The molecule has 0 aliphatic rings. The molecular weight excluding hydrogens is 311 g/mol. The summed E-state index contributed by atoms with van der Waals surface area (Å²) in [5.41, 5.74) is 1.09. The summed E-state index contributed by atoms with van der Waals surface area (Å²) in [5.74, 6) is 0.469. The molecule has 0 aliphatic heterocycles. The second-order valence-electron chi connectivity index (χ2n) is 4.52. The summed E-state index contributed by atoms with van der Waals surface area (Å²) in [4.78, 5) is 14.2. The molecule has 1 aromatic carbocycles. The SMILES string of the molecule is CCCOc1nc(Cl)nc(N(C)Cc2ccc(Cl)cc2)n1. The van der Waals surface area contributed by atoms with Crippen LogP contribution in [0.4, 0.5) is 5.95 Å². The number of hydrogen-bond acceptors (Lipinski definition) is 5. The van der Waals surface area contributed by atoms with Crippen molar-refractivity contribution in [1.82, 2.24) is 15.0 Å². The molecule has 1 aromatic heterocycles. The summed E-state index contributed by atoms with van der Waals surface area (Å²) < 4.78 is 5.40. The minimum Gasteiger partial charge on any atom is -0.463 e. The molecule has 0 atom stereocenters. The Balaban J connectivity index is 2.12. The van der Waals surface area contributed by atoms with Crippen LogP contribution in [0.5, 0.6) is 6.01 Å². The number of anilines is 1. The molecule has 5 nitrogen and oxygen atoms in total. The average Bonchev–Trinajstić information content (AvgIpc) is 2.47. The fraction of sp³-hybridized carbons (Fsp3) is 0.357. The average molecular weight is 327 g/mol. The molecule has 0 N–H and O–H groups in total. The zero-order valence-electron chi connectivity index (χ0n) is 11.9. The van der Waals surface area contributed by atoms with Crippen LogP contribution in [0, 0.1) is 0 Å². The maximum Gasteiger partial charge on any atom is 0.322 e. The van der Waals surface area contributed by atoms with Crippen molar-refractivity contribution in [2.45, 2.75) is 19.9 Å². The summed E-state index contributed by atoms with van der Waals surface area (Å²) in [7, 11) is 1.88. The van der Waals surface area contributed by atoms with E-state index in [4.69, 9.17) is 27.9 Å². The van der Waals surface area contributed by atoms with Gasteiger partial charge in [-0.2, -0.15) is 15.0 Å². The van der Waals surface area contributed by atoms with Gasteiger partial charge in [0.05, 0.1) is 6.61 Å². The maximum atomic E-state index is 5.91. The van der Waals surface area contributed by atoms with Crippen LogP contribution in [0.15, 0.2) is 24.3 Å². The third-order valence-corrected chi connectivity index (χ3v) is 3.11. The summed E-state index contributed by atoms with van der Waals surface area (Å²) in [6.07, 6.45) is 0.874. The van der Waals surface area contributed by atoms with E-state index >= 15 is 0 Å². The van der Waals surface area contributed by atoms with E-state index in [9.17, 15) is 0 Å². The quantitative estimate of drug-likeness (QED) is 0.811. The monoisotopic (exact) mass is 326 g/mol. The van der Waals surface area contributed by atoms with Gasteiger partial charge in [-0.05, 0) is 35.7 Å². The first-order valence-corrected chi connectivity index (χ1v) is 7.34. The molecule has 21 heavy (non-hydrogen) atoms. The topological polar surface area (TPSA) is 51.1 Å². The number of nitrogens with zero attached hydrogens (tertiary/aromatic N) is 4. The van der Waals surface area contributed by atoms with E-state index < -0.39 is 0 Å². The molecule has 0 radical (unpaired) electrons. The standard InChI is InChI=1S/C14H16Cl2N4O/c1-3-8-21-14-18-12(16)17-13(19-14)20(2)9-10-4-6-11(15)7-5-10/h4-7H,3,8-9H2,1-2H3. The molecule has 0 spiro atoms. The highest BCUT2D eigenvalue weighted by atomic mass is 35.5. The number of ether oxygens (including phenoxy) is 1. The molecule has 2 aromatic rings. The van der Waals surface area contributed by atoms with Gasteiger partial charge in [0.2, 0.25) is 11.2 Å². The minimum absolute atomic E-state index is 0.119. The van der Waals surface area contributed by atoms with Crippen LogP contribution in [0.2, 0.25) is 10.3 Å². The van der Waals surface area contributed by atoms with E-state index in [0.29, 0.717) is 24.1 Å². The van der Waals surface area contributed by atoms with E-state index in [-0.39, 0.29) is 11.3 Å². The molecule has 0 saturated heterocycles. The number of halogens is 2. The zero-order chi connectivity index (χ0) is 15.2. The summed E-state index contributed by atoms with van der Waals surface area (Å²) in [6, 6.07) is 7.85. The van der Waals surface area contributed by atoms with Gasteiger partial charge in [0, 0.05) is 18.6 Å². The third kappa shape index (κ3) is 4.72. The highest BCUT2D eigenvalue weighted by Gasteiger charge is 2.10. The Hall–Kier alpha value is -1.59. The molecule has 2 rings (SSSR count). The molecule has 0 unspecified atom stereocenters. The molecule has 112 valence electrons. The van der Waals surface area contributed by atoms with E-state index in [1.807, 2.05) is 43.1 Å². The largest absolute Gasteiger partial charge is 0.463 e. The first kappa shape index (κ1) is 15.8. The fourth-order valence-corrected chi connectivity index (χ4v) is 1.96. The van der Waals surface area contributed by atoms with Gasteiger partial charge in [-0.15, -0.1) is 0 Å². The van der Waals surface area contributed by atoms with Crippen LogP contribution in [0.1, 0.15) is 18.9 Å². The van der Waals surface area contributed by atoms with Gasteiger partial charge in [0.25, 0.3) is 0 Å². The maximum absolute atomic E-state index is 5.91. The van der Waals surface area contributed by atoms with Crippen molar-refractivity contribution < 1.29 is 4.74 Å². The van der Waals surface area contributed by atoms with Gasteiger partial charge >= 0.3 is 6.01 Å². The van der Waals surface area contributed by atoms with Crippen LogP contribution in [0.25, 0.3) is 0 Å². The Morgan fingerprint density at radius 3 is 2.48 bits per heavy atom. The fourth-order valence-electron chi connectivity index (χ4n) is 1.68. The van der Waals surface area contributed by atoms with Gasteiger partial charge in [0.1, 0.15) is 0 Å². The predicted octanol–water partition coefficient (Wildman–Crippen LogP) is 3.60. The lowest BCUT2D eigenvalue weighted by atomic mass is 10.2. The van der Waals surface area contributed by atoms with Crippen LogP contribution >= 0.6 is 23.2 Å². The molecular formula is C14H16Cl2N4O. The van der Waals surface area contributed by atoms with Gasteiger partial charge in [-0.3, -0.25) is 0 Å². The zero-order valence-corrected chi connectivity index (χ0v) is 13.4. The van der Waals surface area contributed by atoms with Crippen molar-refractivity contribution in [3.63, 3.8) is 0 Å². The Labute approximate surface area is 133 Å². The first-order chi connectivity index (χ1) is 10.1. The van der Waals surface area contributed by atoms with Crippen molar-refractivity contribution in [1.29, 1.82) is 0 Å². The molecule has 0 bridgehead atoms. The summed E-state index contributed by atoms with van der Waals surface area (Å²) in [5, 5.41) is 0.828. The number of benzene rings is 1. The molecule has 0 amide bonds. The van der Waals surface area contributed by atoms with Gasteiger partial charge in [-0.25, -0.2) is 0 Å². The van der Waals surface area contributed by atoms with Crippen LogP contribution < -0.4 is 9.64 Å². The molecule has 0 fully saturated rings. The predicted molar refractivity (Wildman–Crippen MR) is 84.2 cm³/mol. The van der Waals surface area contributed by atoms with E-state index in [1.54, 1.807) is 0 Å². The van der Waals surface area contributed by atoms with Crippen molar-refractivity contribution in [3.05, 3.63) is 40.1 Å². The normalized spacial score (nSPS) is 10.5. The lowest BCUT2D eigenvalue weighted by Crippen LogP contribution is -2.20. The van der Waals surface area contributed by atoms with Gasteiger partial charge in [-0.1, -0.05) is 30.7 Å². The second kappa shape index (κ2) is 7.43. The lowest BCUT2D eigenvalue weighted by molar-refractivity contribution is 0.291. The molecule has 0 aliphatic carbocycles. The molecule has 0 saturated carbocycles. The van der Waals surface area contributed by atoms with Crippen molar-refractivity contribution in [3.8, 4) is 6.01 Å². The van der Waals surface area contributed by atoms with Crippen molar-refractivity contribution in [2.75, 3.05) is 18.6 Å². The Bertz CT molecular complexity index is 592. The first-order valence-electron chi connectivity index (χ1n) is 6.58.